The van der Waals surface area contributed by atoms with Crippen LogP contribution in [0.25, 0.3) is 0 Å². The summed E-state index contributed by atoms with van der Waals surface area (Å²) in [5, 5.41) is 12.9. The van der Waals surface area contributed by atoms with Crippen LogP contribution in [-0.2, 0) is 6.54 Å². The van der Waals surface area contributed by atoms with Crippen molar-refractivity contribution in [3.8, 4) is 6.07 Å². The van der Waals surface area contributed by atoms with E-state index < -0.39 is 5.82 Å². The van der Waals surface area contributed by atoms with Gasteiger partial charge in [0.05, 0.1) is 24.2 Å². The van der Waals surface area contributed by atoms with Gasteiger partial charge in [0.25, 0.3) is 0 Å². The molecule has 8 heteroatoms. The van der Waals surface area contributed by atoms with Gasteiger partial charge in [0.1, 0.15) is 6.07 Å². The number of hydrogen-bond donors (Lipinski definition) is 0. The van der Waals surface area contributed by atoms with E-state index in [0.717, 1.165) is 52.1 Å². The lowest BCUT2D eigenvalue weighted by atomic mass is 10.2. The number of aromatic nitrogens is 4. The van der Waals surface area contributed by atoms with Gasteiger partial charge in [0, 0.05) is 38.9 Å². The van der Waals surface area contributed by atoms with E-state index in [1.807, 2.05) is 4.68 Å². The molecule has 2 aromatic heterocycles. The van der Waals surface area contributed by atoms with Gasteiger partial charge in [0.2, 0.25) is 5.95 Å². The second kappa shape index (κ2) is 7.84. The van der Waals surface area contributed by atoms with Gasteiger partial charge in [-0.1, -0.05) is 0 Å². The third-order valence-corrected chi connectivity index (χ3v) is 4.14. The minimum absolute atomic E-state index is 0.406. The highest BCUT2D eigenvalue weighted by Gasteiger charge is 2.18. The van der Waals surface area contributed by atoms with Crippen molar-refractivity contribution >= 4 is 5.95 Å². The Balaban J connectivity index is 1.35. The van der Waals surface area contributed by atoms with Gasteiger partial charge in [-0.15, -0.1) is 0 Å². The molecule has 0 bridgehead atoms. The molecule has 1 aliphatic rings. The first-order chi connectivity index (χ1) is 11.7. The van der Waals surface area contributed by atoms with Crippen LogP contribution in [0, 0.1) is 17.1 Å². The van der Waals surface area contributed by atoms with E-state index in [1.165, 1.54) is 12.4 Å². The van der Waals surface area contributed by atoms with E-state index in [0.29, 0.717) is 11.5 Å². The SMILES string of the molecule is N#Cc1cnn(CCCCN2CCN(c3ncc(F)cn3)CC2)c1. The number of nitrogens with zero attached hydrogens (tertiary/aromatic N) is 7. The lowest BCUT2D eigenvalue weighted by Gasteiger charge is -2.34. The molecule has 0 atom stereocenters. The first kappa shape index (κ1) is 16.3. The standard InChI is InChI=1S/C16H20FN7/c17-15-11-19-16(20-12-15)23-7-5-22(6-8-23)3-1-2-4-24-13-14(9-18)10-21-24/h10-13H,1-8H2. The third kappa shape index (κ3) is 4.26. The average molecular weight is 329 g/mol. The van der Waals surface area contributed by atoms with E-state index >= 15 is 0 Å². The number of rotatable bonds is 6. The highest BCUT2D eigenvalue weighted by molar-refractivity contribution is 5.29. The Kier molecular flexibility index (Phi) is 5.33. The number of aryl methyl sites for hydroxylation is 1. The number of halogens is 1. The van der Waals surface area contributed by atoms with Crippen LogP contribution in [0.4, 0.5) is 10.3 Å². The van der Waals surface area contributed by atoms with Crippen LogP contribution < -0.4 is 4.90 Å². The van der Waals surface area contributed by atoms with Gasteiger partial charge in [0.15, 0.2) is 5.82 Å². The van der Waals surface area contributed by atoms with E-state index in [1.54, 1.807) is 12.4 Å². The van der Waals surface area contributed by atoms with Gasteiger partial charge in [-0.05, 0) is 19.4 Å². The Morgan fingerprint density at radius 3 is 2.42 bits per heavy atom. The van der Waals surface area contributed by atoms with Crippen LogP contribution in [0.15, 0.2) is 24.8 Å². The molecule has 0 saturated carbocycles. The predicted molar refractivity (Wildman–Crippen MR) is 86.8 cm³/mol. The zero-order valence-corrected chi connectivity index (χ0v) is 13.5. The van der Waals surface area contributed by atoms with Gasteiger partial charge < -0.3 is 4.90 Å². The van der Waals surface area contributed by atoms with Crippen molar-refractivity contribution in [2.24, 2.45) is 0 Å². The summed E-state index contributed by atoms with van der Waals surface area (Å²) in [6.07, 6.45) is 7.92. The molecule has 0 radical (unpaired) electrons. The quantitative estimate of drug-likeness (QED) is 0.744. The molecule has 1 saturated heterocycles. The molecule has 3 heterocycles. The normalized spacial score (nSPS) is 15.4. The molecule has 0 unspecified atom stereocenters. The molecule has 24 heavy (non-hydrogen) atoms. The van der Waals surface area contributed by atoms with Crippen molar-refractivity contribution in [2.45, 2.75) is 19.4 Å². The van der Waals surface area contributed by atoms with Crippen LogP contribution in [-0.4, -0.2) is 57.4 Å². The summed E-state index contributed by atoms with van der Waals surface area (Å²) in [7, 11) is 0. The molecule has 0 spiro atoms. The second-order valence-corrected chi connectivity index (χ2v) is 5.84. The third-order valence-electron chi connectivity index (χ3n) is 4.14. The van der Waals surface area contributed by atoms with Crippen LogP contribution in [0.1, 0.15) is 18.4 Å². The molecular weight excluding hydrogens is 309 g/mol. The van der Waals surface area contributed by atoms with Crippen LogP contribution in [0.5, 0.6) is 0 Å². The molecule has 126 valence electrons. The molecule has 2 aromatic rings. The number of anilines is 1. The monoisotopic (exact) mass is 329 g/mol. The highest BCUT2D eigenvalue weighted by Crippen LogP contribution is 2.11. The molecule has 0 aromatic carbocycles. The molecule has 0 amide bonds. The van der Waals surface area contributed by atoms with E-state index in [9.17, 15) is 4.39 Å². The number of nitriles is 1. The zero-order valence-electron chi connectivity index (χ0n) is 13.5. The smallest absolute Gasteiger partial charge is 0.225 e. The van der Waals surface area contributed by atoms with Gasteiger partial charge in [-0.2, -0.15) is 10.4 Å². The maximum atomic E-state index is 12.9. The fourth-order valence-electron chi connectivity index (χ4n) is 2.79. The van der Waals surface area contributed by atoms with Crippen molar-refractivity contribution < 1.29 is 4.39 Å². The van der Waals surface area contributed by atoms with Crippen molar-refractivity contribution in [2.75, 3.05) is 37.6 Å². The van der Waals surface area contributed by atoms with E-state index in [-0.39, 0.29) is 0 Å². The lowest BCUT2D eigenvalue weighted by Crippen LogP contribution is -2.47. The Labute approximate surface area is 140 Å². The molecule has 1 aliphatic heterocycles. The van der Waals surface area contributed by atoms with Crippen molar-refractivity contribution in [1.29, 1.82) is 5.26 Å². The van der Waals surface area contributed by atoms with Gasteiger partial charge in [-0.3, -0.25) is 9.58 Å². The van der Waals surface area contributed by atoms with Crippen LogP contribution >= 0.6 is 0 Å². The Hall–Kier alpha value is -2.53. The van der Waals surface area contributed by atoms with Crippen LogP contribution in [0.2, 0.25) is 0 Å². The van der Waals surface area contributed by atoms with Crippen molar-refractivity contribution in [3.63, 3.8) is 0 Å². The lowest BCUT2D eigenvalue weighted by molar-refractivity contribution is 0.249. The highest BCUT2D eigenvalue weighted by atomic mass is 19.1. The molecule has 7 nitrogen and oxygen atoms in total. The number of unbranched alkanes of at least 4 members (excludes halogenated alkanes) is 1. The average Bonchev–Trinajstić information content (AvgIpc) is 3.08. The Morgan fingerprint density at radius 1 is 1.04 bits per heavy atom. The van der Waals surface area contributed by atoms with Crippen molar-refractivity contribution in [3.05, 3.63) is 36.2 Å². The first-order valence-electron chi connectivity index (χ1n) is 8.12. The summed E-state index contributed by atoms with van der Waals surface area (Å²) in [6, 6.07) is 2.08. The molecule has 1 fully saturated rings. The Bertz CT molecular complexity index is 683. The first-order valence-corrected chi connectivity index (χ1v) is 8.12. The summed E-state index contributed by atoms with van der Waals surface area (Å²) in [4.78, 5) is 12.6. The van der Waals surface area contributed by atoms with Gasteiger partial charge in [-0.25, -0.2) is 14.4 Å². The minimum atomic E-state index is -0.406. The summed E-state index contributed by atoms with van der Waals surface area (Å²) < 4.78 is 14.7. The van der Waals surface area contributed by atoms with Crippen LogP contribution in [0.3, 0.4) is 0 Å². The fraction of sp³-hybridized carbons (Fsp3) is 0.500. The largest absolute Gasteiger partial charge is 0.338 e. The molecule has 3 rings (SSSR count). The van der Waals surface area contributed by atoms with Gasteiger partial charge >= 0.3 is 0 Å². The number of piperazine rings is 1. The summed E-state index contributed by atoms with van der Waals surface area (Å²) in [5.41, 5.74) is 0.606. The maximum absolute atomic E-state index is 12.9. The topological polar surface area (TPSA) is 73.9 Å². The zero-order chi connectivity index (χ0) is 16.8. The maximum Gasteiger partial charge on any atom is 0.225 e. The minimum Gasteiger partial charge on any atom is -0.338 e. The summed E-state index contributed by atoms with van der Waals surface area (Å²) in [6.45, 7) is 5.52. The predicted octanol–water partition coefficient (Wildman–Crippen LogP) is 1.29. The summed E-state index contributed by atoms with van der Waals surface area (Å²) >= 11 is 0. The van der Waals surface area contributed by atoms with E-state index in [4.69, 9.17) is 5.26 Å². The van der Waals surface area contributed by atoms with E-state index in [2.05, 4.69) is 30.9 Å². The fourth-order valence-corrected chi connectivity index (χ4v) is 2.79. The second-order valence-electron chi connectivity index (χ2n) is 5.84. The number of hydrogen-bond acceptors (Lipinski definition) is 6. The molecular formula is C16H20FN7. The summed E-state index contributed by atoms with van der Waals surface area (Å²) in [5.74, 6) is 0.194. The molecule has 0 aliphatic carbocycles. The Morgan fingerprint density at radius 2 is 1.75 bits per heavy atom. The van der Waals surface area contributed by atoms with Crippen molar-refractivity contribution in [1.82, 2.24) is 24.6 Å². The molecule has 0 N–H and O–H groups in total.